The molecule has 0 aromatic heterocycles. The lowest BCUT2D eigenvalue weighted by Crippen LogP contribution is -2.57. The molecule has 0 aliphatic carbocycles. The minimum absolute atomic E-state index is 0.0295. The summed E-state index contributed by atoms with van der Waals surface area (Å²) < 4.78 is 45.8. The fraction of sp³-hybridized carbons (Fsp3) is 0.385. The average molecular weight is 346 g/mol. The molecule has 10 heteroatoms. The molecule has 1 amide bonds. The first-order chi connectivity index (χ1) is 10.6. The number of carboxylic acid groups (broad SMARTS) is 1. The number of nitrogens with one attached hydrogen (secondary N) is 1. The van der Waals surface area contributed by atoms with Crippen molar-refractivity contribution in [2.24, 2.45) is 5.73 Å². The van der Waals surface area contributed by atoms with Crippen LogP contribution < -0.4 is 10.5 Å². The summed E-state index contributed by atoms with van der Waals surface area (Å²) >= 11 is 0. The summed E-state index contributed by atoms with van der Waals surface area (Å²) in [4.78, 5) is 22.1. The number of sulfonamides is 1. The van der Waals surface area contributed by atoms with Gasteiger partial charge in [-0.15, -0.1) is 0 Å². The highest BCUT2D eigenvalue weighted by molar-refractivity contribution is 7.89. The van der Waals surface area contributed by atoms with Gasteiger partial charge >= 0.3 is 5.97 Å². The second-order valence-corrected chi connectivity index (χ2v) is 6.92. The van der Waals surface area contributed by atoms with Crippen LogP contribution in [0.3, 0.4) is 0 Å². The standard InChI is InChI=1S/C13H15FN2O6S/c1-7-9(11(17)18)4-8(5-10(7)14)23(20,21)16-13(12(15)19)2-3-22-6-13/h4-5,16H,2-3,6H2,1H3,(H2,15,19)(H,17,18). The van der Waals surface area contributed by atoms with Crippen LogP contribution in [0.2, 0.25) is 0 Å². The third kappa shape index (κ3) is 3.19. The second-order valence-electron chi connectivity index (χ2n) is 5.24. The topological polar surface area (TPSA) is 136 Å². The number of amides is 1. The number of halogens is 1. The van der Waals surface area contributed by atoms with Crippen LogP contribution in [0.25, 0.3) is 0 Å². The van der Waals surface area contributed by atoms with Gasteiger partial charge in [0.25, 0.3) is 0 Å². The highest BCUT2D eigenvalue weighted by Gasteiger charge is 2.44. The maximum absolute atomic E-state index is 13.8. The maximum Gasteiger partial charge on any atom is 0.336 e. The Balaban J connectivity index is 2.48. The minimum Gasteiger partial charge on any atom is -0.478 e. The second kappa shape index (κ2) is 5.87. The van der Waals surface area contributed by atoms with E-state index in [0.29, 0.717) is 6.07 Å². The molecule has 1 fully saturated rings. The number of primary amides is 1. The summed E-state index contributed by atoms with van der Waals surface area (Å²) in [5.74, 6) is -3.38. The van der Waals surface area contributed by atoms with Crippen molar-refractivity contribution in [3.63, 3.8) is 0 Å². The Morgan fingerprint density at radius 3 is 2.57 bits per heavy atom. The normalized spacial score (nSPS) is 21.3. The zero-order chi connectivity index (χ0) is 17.4. The summed E-state index contributed by atoms with van der Waals surface area (Å²) in [6, 6.07) is 1.52. The van der Waals surface area contributed by atoms with Gasteiger partial charge in [0.1, 0.15) is 11.4 Å². The van der Waals surface area contributed by atoms with Crippen LogP contribution >= 0.6 is 0 Å². The molecule has 1 aliphatic rings. The van der Waals surface area contributed by atoms with Gasteiger partial charge in [0, 0.05) is 13.0 Å². The van der Waals surface area contributed by atoms with Gasteiger partial charge in [-0.3, -0.25) is 4.79 Å². The van der Waals surface area contributed by atoms with Crippen molar-refractivity contribution < 1.29 is 32.2 Å². The number of carbonyl (C=O) groups is 2. The van der Waals surface area contributed by atoms with E-state index in [2.05, 4.69) is 4.72 Å². The van der Waals surface area contributed by atoms with E-state index < -0.39 is 43.7 Å². The van der Waals surface area contributed by atoms with Crippen LogP contribution in [0.4, 0.5) is 4.39 Å². The van der Waals surface area contributed by atoms with Crippen molar-refractivity contribution >= 4 is 21.9 Å². The third-order valence-electron chi connectivity index (χ3n) is 3.68. The van der Waals surface area contributed by atoms with Crippen LogP contribution in [0.1, 0.15) is 22.3 Å². The summed E-state index contributed by atoms with van der Waals surface area (Å²) in [7, 11) is -4.38. The largest absolute Gasteiger partial charge is 0.478 e. The van der Waals surface area contributed by atoms with Gasteiger partial charge in [0.2, 0.25) is 15.9 Å². The molecular formula is C13H15FN2O6S. The summed E-state index contributed by atoms with van der Waals surface area (Å²) in [6.45, 7) is 1.11. The number of carboxylic acids is 1. The highest BCUT2D eigenvalue weighted by atomic mass is 32.2. The molecule has 8 nitrogen and oxygen atoms in total. The number of carbonyl (C=O) groups excluding carboxylic acids is 1. The third-order valence-corrected chi connectivity index (χ3v) is 5.20. The van der Waals surface area contributed by atoms with E-state index >= 15 is 0 Å². The van der Waals surface area contributed by atoms with E-state index in [4.69, 9.17) is 15.6 Å². The van der Waals surface area contributed by atoms with Crippen LogP contribution in [0.15, 0.2) is 17.0 Å². The quantitative estimate of drug-likeness (QED) is 0.673. The Kier molecular flexibility index (Phi) is 4.42. The van der Waals surface area contributed by atoms with Crippen molar-refractivity contribution in [2.45, 2.75) is 23.8 Å². The summed E-state index contributed by atoms with van der Waals surface area (Å²) in [6.07, 6.45) is 0.0295. The van der Waals surface area contributed by atoms with E-state index in [1.807, 2.05) is 0 Å². The molecule has 1 unspecified atom stereocenters. The zero-order valence-corrected chi connectivity index (χ0v) is 12.9. The average Bonchev–Trinajstić information content (AvgIpc) is 2.90. The SMILES string of the molecule is Cc1c(F)cc(S(=O)(=O)NC2(C(N)=O)CCOC2)cc1C(=O)O. The molecule has 2 rings (SSSR count). The fourth-order valence-electron chi connectivity index (χ4n) is 2.24. The van der Waals surface area contributed by atoms with Crippen molar-refractivity contribution in [3.05, 3.63) is 29.1 Å². The molecule has 1 aromatic carbocycles. The Bertz CT molecular complexity index is 771. The first-order valence-corrected chi connectivity index (χ1v) is 8.02. The highest BCUT2D eigenvalue weighted by Crippen LogP contribution is 2.24. The van der Waals surface area contributed by atoms with Crippen LogP contribution in [-0.4, -0.2) is 44.2 Å². The van der Waals surface area contributed by atoms with Crippen LogP contribution in [0, 0.1) is 12.7 Å². The smallest absolute Gasteiger partial charge is 0.336 e. The molecule has 126 valence electrons. The lowest BCUT2D eigenvalue weighted by Gasteiger charge is -2.24. The molecule has 0 spiro atoms. The number of aromatic carboxylic acids is 1. The summed E-state index contributed by atoms with van der Waals surface area (Å²) in [5, 5.41) is 9.03. The van der Waals surface area contributed by atoms with Gasteiger partial charge in [0.15, 0.2) is 0 Å². The molecule has 1 aromatic rings. The zero-order valence-electron chi connectivity index (χ0n) is 12.1. The molecule has 23 heavy (non-hydrogen) atoms. The predicted molar refractivity (Wildman–Crippen MR) is 75.8 cm³/mol. The van der Waals surface area contributed by atoms with Crippen LogP contribution in [0.5, 0.6) is 0 Å². The molecule has 1 aliphatic heterocycles. The van der Waals surface area contributed by atoms with Crippen LogP contribution in [-0.2, 0) is 19.6 Å². The first-order valence-electron chi connectivity index (χ1n) is 6.54. The van der Waals surface area contributed by atoms with E-state index in [0.717, 1.165) is 6.07 Å². The van der Waals surface area contributed by atoms with Crippen molar-refractivity contribution in [2.75, 3.05) is 13.2 Å². The van der Waals surface area contributed by atoms with E-state index in [-0.39, 0.29) is 25.2 Å². The number of ether oxygens (including phenoxy) is 1. The maximum atomic E-state index is 13.8. The first kappa shape index (κ1) is 17.3. The summed E-state index contributed by atoms with van der Waals surface area (Å²) in [5.41, 5.74) is 2.93. The van der Waals surface area contributed by atoms with E-state index in [1.165, 1.54) is 6.92 Å². The van der Waals surface area contributed by atoms with E-state index in [9.17, 15) is 22.4 Å². The van der Waals surface area contributed by atoms with Crippen molar-refractivity contribution in [1.82, 2.24) is 4.72 Å². The Morgan fingerprint density at radius 1 is 1.43 bits per heavy atom. The number of nitrogens with two attached hydrogens (primary N) is 1. The van der Waals surface area contributed by atoms with Gasteiger partial charge < -0.3 is 15.6 Å². The molecular weight excluding hydrogens is 331 g/mol. The molecule has 0 saturated carbocycles. The lowest BCUT2D eigenvalue weighted by molar-refractivity contribution is -0.123. The minimum atomic E-state index is -4.38. The van der Waals surface area contributed by atoms with Gasteiger partial charge in [-0.1, -0.05) is 0 Å². The van der Waals surface area contributed by atoms with Crippen molar-refractivity contribution in [1.29, 1.82) is 0 Å². The molecule has 0 bridgehead atoms. The number of hydrogen-bond donors (Lipinski definition) is 3. The van der Waals surface area contributed by atoms with Gasteiger partial charge in [0.05, 0.1) is 17.1 Å². The molecule has 4 N–H and O–H groups in total. The monoisotopic (exact) mass is 346 g/mol. The Labute approximate surface area is 131 Å². The molecule has 0 radical (unpaired) electrons. The molecule has 1 atom stereocenters. The van der Waals surface area contributed by atoms with Gasteiger partial charge in [-0.05, 0) is 24.6 Å². The number of hydrogen-bond acceptors (Lipinski definition) is 5. The Hall–Kier alpha value is -2.04. The molecule has 1 heterocycles. The molecule has 1 saturated heterocycles. The predicted octanol–water partition coefficient (Wildman–Crippen LogP) is -0.245. The number of rotatable bonds is 5. The van der Waals surface area contributed by atoms with Gasteiger partial charge in [-0.2, -0.15) is 4.72 Å². The number of benzene rings is 1. The van der Waals surface area contributed by atoms with E-state index in [1.54, 1.807) is 0 Å². The van der Waals surface area contributed by atoms with Gasteiger partial charge in [-0.25, -0.2) is 17.6 Å². The Morgan fingerprint density at radius 2 is 2.09 bits per heavy atom. The lowest BCUT2D eigenvalue weighted by atomic mass is 10.0. The van der Waals surface area contributed by atoms with Crippen molar-refractivity contribution in [3.8, 4) is 0 Å². The fourth-order valence-corrected chi connectivity index (χ4v) is 3.66.